The molecule has 0 unspecified atom stereocenters. The Hall–Kier alpha value is -1.48. The second kappa shape index (κ2) is 4.27. The molecule has 2 aromatic rings. The number of hydrogen-bond donors (Lipinski definition) is 0. The fourth-order valence-corrected chi connectivity index (χ4v) is 2.67. The monoisotopic (exact) mass is 258 g/mol. The lowest BCUT2D eigenvalue weighted by Gasteiger charge is -2.33. The molecule has 19 heavy (non-hydrogen) atoms. The molecule has 102 valence electrons. The highest BCUT2D eigenvalue weighted by atomic mass is 16.5. The van der Waals surface area contributed by atoms with Gasteiger partial charge in [-0.2, -0.15) is 0 Å². The van der Waals surface area contributed by atoms with Gasteiger partial charge in [0, 0.05) is 41.2 Å². The number of ether oxygens (including phenoxy) is 1. The normalized spacial score (nSPS) is 15.0. The van der Waals surface area contributed by atoms with Crippen LogP contribution in [-0.2, 0) is 13.0 Å². The van der Waals surface area contributed by atoms with Crippen molar-refractivity contribution in [3.63, 3.8) is 0 Å². The molecule has 1 aromatic carbocycles. The molecule has 3 rings (SSSR count). The summed E-state index contributed by atoms with van der Waals surface area (Å²) in [5.74, 6) is 1.07. The largest absolute Gasteiger partial charge is 0.493 e. The molecule has 0 saturated heterocycles. The molecule has 0 fully saturated rings. The Bertz CT molecular complexity index is 610. The summed E-state index contributed by atoms with van der Waals surface area (Å²) < 4.78 is 7.99. The van der Waals surface area contributed by atoms with E-state index >= 15 is 0 Å². The molecule has 0 bridgehead atoms. The van der Waals surface area contributed by atoms with E-state index in [1.165, 1.54) is 16.5 Å². The Balaban J connectivity index is 2.03. The molecule has 0 spiro atoms. The standard InChI is InChI=1S/C16H22N2O/c1-16(2,17(3)4)11-18-9-7-12-13-8-10-19-15(13)6-5-14(12)18/h5-7,9H,8,10-11H2,1-4H3. The maximum Gasteiger partial charge on any atom is 0.123 e. The topological polar surface area (TPSA) is 17.4 Å². The molecule has 3 nitrogen and oxygen atoms in total. The average Bonchev–Trinajstić information content (AvgIpc) is 2.94. The van der Waals surface area contributed by atoms with Crippen molar-refractivity contribution in [1.82, 2.24) is 9.47 Å². The van der Waals surface area contributed by atoms with E-state index in [-0.39, 0.29) is 5.54 Å². The third-order valence-electron chi connectivity index (χ3n) is 4.40. The molecule has 0 aliphatic carbocycles. The van der Waals surface area contributed by atoms with Crippen LogP contribution in [0.1, 0.15) is 19.4 Å². The van der Waals surface area contributed by atoms with Crippen LogP contribution in [0.2, 0.25) is 0 Å². The van der Waals surface area contributed by atoms with E-state index in [9.17, 15) is 0 Å². The van der Waals surface area contributed by atoms with E-state index in [4.69, 9.17) is 4.74 Å². The predicted molar refractivity (Wildman–Crippen MR) is 78.9 cm³/mol. The van der Waals surface area contributed by atoms with E-state index < -0.39 is 0 Å². The third-order valence-corrected chi connectivity index (χ3v) is 4.40. The van der Waals surface area contributed by atoms with Crippen LogP contribution in [0.15, 0.2) is 24.4 Å². The van der Waals surface area contributed by atoms with Crippen molar-refractivity contribution in [2.45, 2.75) is 32.4 Å². The van der Waals surface area contributed by atoms with Gasteiger partial charge in [-0.15, -0.1) is 0 Å². The number of fused-ring (bicyclic) bond motifs is 3. The van der Waals surface area contributed by atoms with Gasteiger partial charge in [0.05, 0.1) is 6.61 Å². The summed E-state index contributed by atoms with van der Waals surface area (Å²) in [5.41, 5.74) is 2.83. The quantitative estimate of drug-likeness (QED) is 0.842. The van der Waals surface area contributed by atoms with Crippen LogP contribution in [0.5, 0.6) is 5.75 Å². The van der Waals surface area contributed by atoms with Gasteiger partial charge in [0.1, 0.15) is 5.75 Å². The molecule has 0 saturated carbocycles. The van der Waals surface area contributed by atoms with Gasteiger partial charge < -0.3 is 14.2 Å². The SMILES string of the molecule is CN(C)C(C)(C)Cn1ccc2c3c(ccc21)OCC3. The van der Waals surface area contributed by atoms with E-state index in [0.29, 0.717) is 0 Å². The van der Waals surface area contributed by atoms with Gasteiger partial charge in [0.2, 0.25) is 0 Å². The number of hydrogen-bond acceptors (Lipinski definition) is 2. The molecular weight excluding hydrogens is 236 g/mol. The minimum atomic E-state index is 0.140. The van der Waals surface area contributed by atoms with Crippen molar-refractivity contribution in [3.05, 3.63) is 30.0 Å². The summed E-state index contributed by atoms with van der Waals surface area (Å²) in [6.07, 6.45) is 3.24. The highest BCUT2D eigenvalue weighted by molar-refractivity contribution is 5.86. The minimum absolute atomic E-state index is 0.140. The van der Waals surface area contributed by atoms with Gasteiger partial charge in [-0.05, 0) is 46.1 Å². The van der Waals surface area contributed by atoms with E-state index in [0.717, 1.165) is 25.3 Å². The average molecular weight is 258 g/mol. The van der Waals surface area contributed by atoms with Gasteiger partial charge in [0.15, 0.2) is 0 Å². The molecule has 3 heteroatoms. The predicted octanol–water partition coefficient (Wildman–Crippen LogP) is 2.92. The Morgan fingerprint density at radius 1 is 1.26 bits per heavy atom. The molecule has 1 aromatic heterocycles. The van der Waals surface area contributed by atoms with Crippen LogP contribution in [0, 0.1) is 0 Å². The number of nitrogens with zero attached hydrogens (tertiary/aromatic N) is 2. The minimum Gasteiger partial charge on any atom is -0.493 e. The van der Waals surface area contributed by atoms with Crippen molar-refractivity contribution in [2.75, 3.05) is 20.7 Å². The molecule has 0 N–H and O–H groups in total. The molecule has 0 amide bonds. The Labute approximate surface area is 114 Å². The molecule has 1 aliphatic heterocycles. The van der Waals surface area contributed by atoms with Gasteiger partial charge in [-0.1, -0.05) is 0 Å². The number of likely N-dealkylation sites (N-methyl/N-ethyl adjacent to an activating group) is 1. The van der Waals surface area contributed by atoms with Crippen LogP contribution >= 0.6 is 0 Å². The summed E-state index contributed by atoms with van der Waals surface area (Å²) in [6.45, 7) is 6.36. The van der Waals surface area contributed by atoms with Crippen molar-refractivity contribution in [1.29, 1.82) is 0 Å². The second-order valence-electron chi connectivity index (χ2n) is 6.22. The maximum absolute atomic E-state index is 5.64. The van der Waals surface area contributed by atoms with Crippen LogP contribution in [0.25, 0.3) is 10.9 Å². The van der Waals surface area contributed by atoms with Gasteiger partial charge in [-0.25, -0.2) is 0 Å². The maximum atomic E-state index is 5.64. The van der Waals surface area contributed by atoms with Crippen molar-refractivity contribution < 1.29 is 4.74 Å². The lowest BCUT2D eigenvalue weighted by Crippen LogP contribution is -2.41. The molecule has 1 aliphatic rings. The Morgan fingerprint density at radius 2 is 2.05 bits per heavy atom. The number of rotatable bonds is 3. The Morgan fingerprint density at radius 3 is 2.79 bits per heavy atom. The van der Waals surface area contributed by atoms with Gasteiger partial charge in [0.25, 0.3) is 0 Å². The molecular formula is C16H22N2O. The summed E-state index contributed by atoms with van der Waals surface area (Å²) in [4.78, 5) is 2.27. The lowest BCUT2D eigenvalue weighted by atomic mass is 10.0. The smallest absolute Gasteiger partial charge is 0.123 e. The summed E-state index contributed by atoms with van der Waals surface area (Å²) >= 11 is 0. The molecule has 2 heterocycles. The first kappa shape index (κ1) is 12.5. The third kappa shape index (κ3) is 2.02. The van der Waals surface area contributed by atoms with E-state index in [1.54, 1.807) is 0 Å². The van der Waals surface area contributed by atoms with Crippen LogP contribution in [-0.4, -0.2) is 35.7 Å². The van der Waals surface area contributed by atoms with E-state index in [1.807, 2.05) is 0 Å². The van der Waals surface area contributed by atoms with E-state index in [2.05, 4.69) is 61.8 Å². The Kier molecular flexibility index (Phi) is 2.82. The van der Waals surface area contributed by atoms with Crippen molar-refractivity contribution in [3.8, 4) is 5.75 Å². The van der Waals surface area contributed by atoms with Crippen molar-refractivity contribution >= 4 is 10.9 Å². The van der Waals surface area contributed by atoms with Crippen LogP contribution in [0.3, 0.4) is 0 Å². The zero-order valence-corrected chi connectivity index (χ0v) is 12.2. The summed E-state index contributed by atoms with van der Waals surface area (Å²) in [6, 6.07) is 6.53. The zero-order valence-electron chi connectivity index (χ0n) is 12.2. The lowest BCUT2D eigenvalue weighted by molar-refractivity contribution is 0.171. The first-order valence-electron chi connectivity index (χ1n) is 6.90. The fraction of sp³-hybridized carbons (Fsp3) is 0.500. The molecule has 0 atom stereocenters. The highest BCUT2D eigenvalue weighted by Gasteiger charge is 2.23. The van der Waals surface area contributed by atoms with Gasteiger partial charge in [-0.3, -0.25) is 0 Å². The number of benzene rings is 1. The zero-order chi connectivity index (χ0) is 13.6. The van der Waals surface area contributed by atoms with Crippen LogP contribution in [0.4, 0.5) is 0 Å². The first-order chi connectivity index (χ1) is 8.99. The summed E-state index contributed by atoms with van der Waals surface area (Å²) in [7, 11) is 4.27. The number of aromatic nitrogens is 1. The molecule has 0 radical (unpaired) electrons. The highest BCUT2D eigenvalue weighted by Crippen LogP contribution is 2.33. The first-order valence-corrected chi connectivity index (χ1v) is 6.90. The second-order valence-corrected chi connectivity index (χ2v) is 6.22. The van der Waals surface area contributed by atoms with Crippen molar-refractivity contribution in [2.24, 2.45) is 0 Å². The van der Waals surface area contributed by atoms with Gasteiger partial charge >= 0.3 is 0 Å². The summed E-state index contributed by atoms with van der Waals surface area (Å²) in [5, 5.41) is 1.35. The fourth-order valence-electron chi connectivity index (χ4n) is 2.67. The van der Waals surface area contributed by atoms with Crippen LogP contribution < -0.4 is 4.74 Å².